The summed E-state index contributed by atoms with van der Waals surface area (Å²) in [6.07, 6.45) is 2.80. The van der Waals surface area contributed by atoms with Crippen molar-refractivity contribution in [2.24, 2.45) is 0 Å². The van der Waals surface area contributed by atoms with Crippen LogP contribution in [0.5, 0.6) is 0 Å². The molecule has 0 radical (unpaired) electrons. The van der Waals surface area contributed by atoms with E-state index in [0.717, 1.165) is 0 Å². The highest BCUT2D eigenvalue weighted by Crippen LogP contribution is 2.11. The smallest absolute Gasteiger partial charge is 0.318 e. The number of nitrogens with zero attached hydrogens (tertiary/aromatic N) is 1. The maximum absolute atomic E-state index is 11.6. The Bertz CT molecular complexity index is 597. The second-order valence-corrected chi connectivity index (χ2v) is 5.02. The number of aliphatic carboxylic acids is 1. The summed E-state index contributed by atoms with van der Waals surface area (Å²) in [6, 6.07) is 7.52. The van der Waals surface area contributed by atoms with E-state index in [0.29, 0.717) is 5.56 Å². The van der Waals surface area contributed by atoms with E-state index in [1.165, 1.54) is 36.4 Å². The summed E-state index contributed by atoms with van der Waals surface area (Å²) in [7, 11) is -3.81. The standard InChI is InChI=1S/C11H10N2O4S/c12-7-1-2-9-3-5-10(6-4-9)18(16,17)13-8-11(14)15/h1-6,13H,8H2,(H,14,15). The van der Waals surface area contributed by atoms with Crippen LogP contribution in [-0.4, -0.2) is 26.0 Å². The predicted octanol–water partition coefficient (Wildman–Crippen LogP) is 0.586. The molecule has 0 atom stereocenters. The molecule has 0 aliphatic carbocycles. The summed E-state index contributed by atoms with van der Waals surface area (Å²) in [5.41, 5.74) is 0.675. The fourth-order valence-corrected chi connectivity index (χ4v) is 2.11. The van der Waals surface area contributed by atoms with Gasteiger partial charge < -0.3 is 5.11 Å². The number of sulfonamides is 1. The van der Waals surface area contributed by atoms with Crippen molar-refractivity contribution < 1.29 is 18.3 Å². The SMILES string of the molecule is N#CC=Cc1ccc(S(=O)(=O)NCC(=O)O)cc1. The highest BCUT2D eigenvalue weighted by Gasteiger charge is 2.14. The molecule has 1 aromatic carbocycles. The number of rotatable bonds is 5. The topological polar surface area (TPSA) is 107 Å². The van der Waals surface area contributed by atoms with Gasteiger partial charge in [-0.1, -0.05) is 12.1 Å². The van der Waals surface area contributed by atoms with Crippen molar-refractivity contribution in [1.82, 2.24) is 4.72 Å². The van der Waals surface area contributed by atoms with E-state index in [1.54, 1.807) is 0 Å². The minimum absolute atomic E-state index is 0.0298. The van der Waals surface area contributed by atoms with Gasteiger partial charge in [0.1, 0.15) is 6.54 Å². The van der Waals surface area contributed by atoms with Gasteiger partial charge >= 0.3 is 5.97 Å². The zero-order valence-electron chi connectivity index (χ0n) is 9.20. The minimum Gasteiger partial charge on any atom is -0.480 e. The fourth-order valence-electron chi connectivity index (χ4n) is 1.13. The van der Waals surface area contributed by atoms with Gasteiger partial charge in [-0.25, -0.2) is 8.42 Å². The van der Waals surface area contributed by atoms with Gasteiger partial charge in [0.15, 0.2) is 0 Å². The van der Waals surface area contributed by atoms with Crippen LogP contribution in [0.1, 0.15) is 5.56 Å². The van der Waals surface area contributed by atoms with E-state index in [9.17, 15) is 13.2 Å². The summed E-state index contributed by atoms with van der Waals surface area (Å²) in [6.45, 7) is -0.668. The van der Waals surface area contributed by atoms with Crippen LogP contribution in [0.4, 0.5) is 0 Å². The molecule has 0 aromatic heterocycles. The second-order valence-electron chi connectivity index (χ2n) is 3.25. The number of carbonyl (C=O) groups is 1. The monoisotopic (exact) mass is 266 g/mol. The van der Waals surface area contributed by atoms with Crippen LogP contribution in [0.2, 0.25) is 0 Å². The number of nitriles is 1. The van der Waals surface area contributed by atoms with Gasteiger partial charge in [0.25, 0.3) is 0 Å². The molecule has 0 unspecified atom stereocenters. The summed E-state index contributed by atoms with van der Waals surface area (Å²) >= 11 is 0. The zero-order valence-corrected chi connectivity index (χ0v) is 10.0. The van der Waals surface area contributed by atoms with Crippen molar-refractivity contribution in [3.8, 4) is 6.07 Å². The quantitative estimate of drug-likeness (QED) is 0.758. The van der Waals surface area contributed by atoms with Gasteiger partial charge in [-0.05, 0) is 23.8 Å². The van der Waals surface area contributed by atoms with Crippen LogP contribution in [0.15, 0.2) is 35.2 Å². The molecule has 7 heteroatoms. The van der Waals surface area contributed by atoms with Gasteiger partial charge in [0.2, 0.25) is 10.0 Å². The Morgan fingerprint density at radius 2 is 2.00 bits per heavy atom. The molecule has 1 aromatic rings. The number of benzene rings is 1. The molecule has 6 nitrogen and oxygen atoms in total. The van der Waals surface area contributed by atoms with Gasteiger partial charge in [-0.3, -0.25) is 4.79 Å². The first kappa shape index (κ1) is 13.9. The maximum Gasteiger partial charge on any atom is 0.318 e. The summed E-state index contributed by atoms with van der Waals surface area (Å²) in [4.78, 5) is 10.3. The largest absolute Gasteiger partial charge is 0.480 e. The average molecular weight is 266 g/mol. The van der Waals surface area contributed by atoms with E-state index in [4.69, 9.17) is 10.4 Å². The molecule has 0 heterocycles. The molecule has 0 bridgehead atoms. The Balaban J connectivity index is 2.88. The number of nitrogens with one attached hydrogen (secondary N) is 1. The van der Waals surface area contributed by atoms with Crippen LogP contribution in [0, 0.1) is 11.3 Å². The third kappa shape index (κ3) is 4.01. The summed E-state index contributed by atoms with van der Waals surface area (Å²) in [5, 5.41) is 16.7. The van der Waals surface area contributed by atoms with Gasteiger partial charge in [-0.2, -0.15) is 9.98 Å². The van der Waals surface area contributed by atoms with Crippen LogP contribution in [0.3, 0.4) is 0 Å². The number of allylic oxidation sites excluding steroid dienone is 1. The lowest BCUT2D eigenvalue weighted by Gasteiger charge is -2.04. The van der Waals surface area contributed by atoms with E-state index in [-0.39, 0.29) is 4.90 Å². The van der Waals surface area contributed by atoms with Crippen LogP contribution in [0.25, 0.3) is 6.08 Å². The summed E-state index contributed by atoms with van der Waals surface area (Å²) in [5.74, 6) is -1.26. The molecule has 0 fully saturated rings. The highest BCUT2D eigenvalue weighted by molar-refractivity contribution is 7.89. The highest BCUT2D eigenvalue weighted by atomic mass is 32.2. The van der Waals surface area contributed by atoms with Crippen molar-refractivity contribution >= 4 is 22.1 Å². The Labute approximate surface area is 104 Å². The Morgan fingerprint density at radius 1 is 1.39 bits per heavy atom. The lowest BCUT2D eigenvalue weighted by Crippen LogP contribution is -2.29. The average Bonchev–Trinajstić information content (AvgIpc) is 2.34. The van der Waals surface area contributed by atoms with Crippen LogP contribution in [-0.2, 0) is 14.8 Å². The first-order valence-corrected chi connectivity index (χ1v) is 6.32. The second kappa shape index (κ2) is 5.95. The third-order valence-electron chi connectivity index (χ3n) is 1.95. The van der Waals surface area contributed by atoms with Crippen molar-refractivity contribution in [2.45, 2.75) is 4.90 Å². The molecule has 0 amide bonds. The predicted molar refractivity (Wildman–Crippen MR) is 63.9 cm³/mol. The molecule has 0 saturated carbocycles. The molecule has 2 N–H and O–H groups in total. The number of carboxylic acid groups (broad SMARTS) is 1. The first-order chi connectivity index (χ1) is 8.45. The lowest BCUT2D eigenvalue weighted by atomic mass is 10.2. The molecule has 94 valence electrons. The van der Waals surface area contributed by atoms with E-state index in [1.807, 2.05) is 10.8 Å². The zero-order chi connectivity index (χ0) is 13.6. The van der Waals surface area contributed by atoms with E-state index >= 15 is 0 Å². The molecule has 0 aliphatic rings. The Hall–Kier alpha value is -2.17. The Morgan fingerprint density at radius 3 is 2.50 bits per heavy atom. The normalized spacial score (nSPS) is 11.3. The molecular formula is C11H10N2O4S. The molecule has 1 rings (SSSR count). The minimum atomic E-state index is -3.81. The maximum atomic E-state index is 11.6. The van der Waals surface area contributed by atoms with Crippen molar-refractivity contribution in [3.05, 3.63) is 35.9 Å². The van der Waals surface area contributed by atoms with E-state index in [2.05, 4.69) is 0 Å². The molecular weight excluding hydrogens is 256 g/mol. The third-order valence-corrected chi connectivity index (χ3v) is 3.37. The van der Waals surface area contributed by atoms with Crippen LogP contribution < -0.4 is 4.72 Å². The van der Waals surface area contributed by atoms with Crippen LogP contribution >= 0.6 is 0 Å². The van der Waals surface area contributed by atoms with Gasteiger partial charge in [0, 0.05) is 6.08 Å². The first-order valence-electron chi connectivity index (χ1n) is 4.83. The molecule has 0 saturated heterocycles. The molecule has 0 aliphatic heterocycles. The van der Waals surface area contributed by atoms with E-state index < -0.39 is 22.5 Å². The fraction of sp³-hybridized carbons (Fsp3) is 0.0909. The van der Waals surface area contributed by atoms with Crippen molar-refractivity contribution in [2.75, 3.05) is 6.54 Å². The Kier molecular flexibility index (Phi) is 4.59. The van der Waals surface area contributed by atoms with Gasteiger partial charge in [0.05, 0.1) is 11.0 Å². The van der Waals surface area contributed by atoms with Crippen molar-refractivity contribution in [3.63, 3.8) is 0 Å². The van der Waals surface area contributed by atoms with Gasteiger partial charge in [-0.15, -0.1) is 0 Å². The summed E-state index contributed by atoms with van der Waals surface area (Å²) < 4.78 is 25.2. The number of hydrogen-bond acceptors (Lipinski definition) is 4. The lowest BCUT2D eigenvalue weighted by molar-refractivity contribution is -0.135. The molecule has 18 heavy (non-hydrogen) atoms. The van der Waals surface area contributed by atoms with Crippen molar-refractivity contribution in [1.29, 1.82) is 5.26 Å². The molecule has 0 spiro atoms. The number of hydrogen-bond donors (Lipinski definition) is 2. The number of carboxylic acids is 1.